The quantitative estimate of drug-likeness (QED) is 0.712. The Hall–Kier alpha value is -0.360. The van der Waals surface area contributed by atoms with Crippen LogP contribution < -0.4 is 11.1 Å². The number of nitrogens with one attached hydrogen (secondary N) is 1. The van der Waals surface area contributed by atoms with E-state index in [0.29, 0.717) is 19.8 Å². The first-order chi connectivity index (χ1) is 9.19. The van der Waals surface area contributed by atoms with Crippen molar-refractivity contribution in [3.63, 3.8) is 0 Å². The Kier molecular flexibility index (Phi) is 11.1. The van der Waals surface area contributed by atoms with Crippen LogP contribution in [-0.4, -0.2) is 44.9 Å². The van der Waals surface area contributed by atoms with Gasteiger partial charge in [-0.15, -0.1) is 12.4 Å². The first kappa shape index (κ1) is 19.6. The summed E-state index contributed by atoms with van der Waals surface area (Å²) in [5.74, 6) is 0.188. The molecule has 3 N–H and O–H groups in total. The number of carbonyl (C=O) groups is 1. The zero-order valence-corrected chi connectivity index (χ0v) is 13.4. The summed E-state index contributed by atoms with van der Waals surface area (Å²) in [7, 11) is 1.66. The Morgan fingerprint density at radius 1 is 1.45 bits per heavy atom. The molecule has 1 aliphatic rings. The second-order valence-electron chi connectivity index (χ2n) is 5.28. The van der Waals surface area contributed by atoms with E-state index in [9.17, 15) is 4.79 Å². The summed E-state index contributed by atoms with van der Waals surface area (Å²) in [6.07, 6.45) is 4.89. The molecule has 6 heteroatoms. The van der Waals surface area contributed by atoms with Gasteiger partial charge in [-0.3, -0.25) is 4.79 Å². The molecule has 0 radical (unpaired) electrons. The number of hydrogen-bond donors (Lipinski definition) is 2. The third kappa shape index (κ3) is 6.88. The molecule has 0 aromatic rings. The van der Waals surface area contributed by atoms with E-state index in [2.05, 4.69) is 12.2 Å². The fourth-order valence-corrected chi connectivity index (χ4v) is 2.44. The number of rotatable bonds is 8. The summed E-state index contributed by atoms with van der Waals surface area (Å²) in [6, 6.07) is -0.353. The third-order valence-electron chi connectivity index (χ3n) is 3.70. The normalized spacial score (nSPS) is 18.9. The number of unbranched alkanes of at least 4 members (excludes halogenated alkanes) is 1. The van der Waals surface area contributed by atoms with Crippen molar-refractivity contribution in [1.29, 1.82) is 0 Å². The second kappa shape index (κ2) is 11.3. The molecule has 5 nitrogen and oxygen atoms in total. The van der Waals surface area contributed by atoms with Gasteiger partial charge in [0.05, 0.1) is 18.7 Å². The van der Waals surface area contributed by atoms with Gasteiger partial charge in [0.15, 0.2) is 0 Å². The van der Waals surface area contributed by atoms with Crippen molar-refractivity contribution in [3.8, 4) is 0 Å². The summed E-state index contributed by atoms with van der Waals surface area (Å²) in [5.41, 5.74) is 6.06. The molecule has 0 aliphatic carbocycles. The number of ether oxygens (including phenoxy) is 2. The molecule has 0 aromatic carbocycles. The summed E-state index contributed by atoms with van der Waals surface area (Å²) in [6.45, 7) is 4.11. The van der Waals surface area contributed by atoms with E-state index >= 15 is 0 Å². The molecule has 0 aromatic heterocycles. The Morgan fingerprint density at radius 3 is 2.65 bits per heavy atom. The zero-order valence-electron chi connectivity index (χ0n) is 12.6. The van der Waals surface area contributed by atoms with E-state index in [1.165, 1.54) is 0 Å². The highest BCUT2D eigenvalue weighted by Crippen LogP contribution is 2.17. The SMILES string of the molecule is CCCCC(COC)NC(=O)C(N)C1CCOCC1.Cl. The van der Waals surface area contributed by atoms with Crippen LogP contribution in [0.1, 0.15) is 39.0 Å². The molecule has 1 heterocycles. The molecule has 1 saturated heterocycles. The molecule has 0 bridgehead atoms. The Balaban J connectivity index is 0.00000361. The lowest BCUT2D eigenvalue weighted by atomic mass is 9.91. The zero-order chi connectivity index (χ0) is 14.1. The monoisotopic (exact) mass is 308 g/mol. The van der Waals surface area contributed by atoms with E-state index in [0.717, 1.165) is 32.1 Å². The highest BCUT2D eigenvalue weighted by atomic mass is 35.5. The Morgan fingerprint density at radius 2 is 2.10 bits per heavy atom. The van der Waals surface area contributed by atoms with E-state index < -0.39 is 6.04 Å². The van der Waals surface area contributed by atoms with Gasteiger partial charge < -0.3 is 20.5 Å². The molecule has 1 fully saturated rings. The predicted octanol–water partition coefficient (Wildman–Crippen LogP) is 1.48. The molecular weight excluding hydrogens is 280 g/mol. The van der Waals surface area contributed by atoms with Crippen LogP contribution in [0.3, 0.4) is 0 Å². The van der Waals surface area contributed by atoms with Crippen LogP contribution in [0.2, 0.25) is 0 Å². The first-order valence-corrected chi connectivity index (χ1v) is 7.31. The van der Waals surface area contributed by atoms with Gasteiger partial charge in [0, 0.05) is 20.3 Å². The van der Waals surface area contributed by atoms with Gasteiger partial charge >= 0.3 is 0 Å². The Labute approximate surface area is 128 Å². The molecule has 1 amide bonds. The maximum absolute atomic E-state index is 12.2. The van der Waals surface area contributed by atoms with Gasteiger partial charge in [-0.2, -0.15) is 0 Å². The van der Waals surface area contributed by atoms with E-state index in [1.807, 2.05) is 0 Å². The number of carbonyl (C=O) groups excluding carboxylic acids is 1. The van der Waals surface area contributed by atoms with Gasteiger partial charge in [0.2, 0.25) is 5.91 Å². The van der Waals surface area contributed by atoms with Gasteiger partial charge in [-0.25, -0.2) is 0 Å². The van der Waals surface area contributed by atoms with Crippen molar-refractivity contribution >= 4 is 18.3 Å². The highest BCUT2D eigenvalue weighted by molar-refractivity contribution is 5.85. The summed E-state index contributed by atoms with van der Waals surface area (Å²) in [4.78, 5) is 12.2. The van der Waals surface area contributed by atoms with Crippen molar-refractivity contribution in [2.24, 2.45) is 11.7 Å². The summed E-state index contributed by atoms with van der Waals surface area (Å²) >= 11 is 0. The number of amides is 1. The van der Waals surface area contributed by atoms with Crippen LogP contribution in [0, 0.1) is 5.92 Å². The summed E-state index contributed by atoms with van der Waals surface area (Å²) in [5, 5.41) is 3.02. The molecule has 2 atom stereocenters. The van der Waals surface area contributed by atoms with E-state index in [4.69, 9.17) is 15.2 Å². The fraction of sp³-hybridized carbons (Fsp3) is 0.929. The largest absolute Gasteiger partial charge is 0.383 e. The molecule has 20 heavy (non-hydrogen) atoms. The van der Waals surface area contributed by atoms with Crippen LogP contribution >= 0.6 is 12.4 Å². The van der Waals surface area contributed by atoms with Crippen molar-refractivity contribution < 1.29 is 14.3 Å². The molecule has 1 aliphatic heterocycles. The minimum absolute atomic E-state index is 0. The molecular formula is C14H29ClN2O3. The van der Waals surface area contributed by atoms with Crippen LogP contribution in [-0.2, 0) is 14.3 Å². The summed E-state index contributed by atoms with van der Waals surface area (Å²) < 4.78 is 10.4. The van der Waals surface area contributed by atoms with E-state index in [1.54, 1.807) is 7.11 Å². The fourth-order valence-electron chi connectivity index (χ4n) is 2.44. The minimum Gasteiger partial charge on any atom is -0.383 e. The molecule has 0 spiro atoms. The van der Waals surface area contributed by atoms with Gasteiger partial charge in [-0.1, -0.05) is 19.8 Å². The van der Waals surface area contributed by atoms with Crippen molar-refractivity contribution in [2.45, 2.75) is 51.1 Å². The van der Waals surface area contributed by atoms with E-state index in [-0.39, 0.29) is 30.3 Å². The minimum atomic E-state index is -0.426. The molecule has 1 rings (SSSR count). The maximum atomic E-state index is 12.2. The smallest absolute Gasteiger partial charge is 0.237 e. The number of hydrogen-bond acceptors (Lipinski definition) is 4. The van der Waals surface area contributed by atoms with Gasteiger partial charge in [0.1, 0.15) is 0 Å². The van der Waals surface area contributed by atoms with Crippen molar-refractivity contribution in [2.75, 3.05) is 26.9 Å². The Bertz CT molecular complexity index is 261. The van der Waals surface area contributed by atoms with Crippen LogP contribution in [0.15, 0.2) is 0 Å². The van der Waals surface area contributed by atoms with Crippen molar-refractivity contribution in [3.05, 3.63) is 0 Å². The number of nitrogens with two attached hydrogens (primary N) is 1. The third-order valence-corrected chi connectivity index (χ3v) is 3.70. The lowest BCUT2D eigenvalue weighted by molar-refractivity contribution is -0.125. The predicted molar refractivity (Wildman–Crippen MR) is 82.1 cm³/mol. The topological polar surface area (TPSA) is 73.6 Å². The number of halogens is 1. The average Bonchev–Trinajstić information content (AvgIpc) is 2.45. The van der Waals surface area contributed by atoms with Crippen LogP contribution in [0.25, 0.3) is 0 Å². The van der Waals surface area contributed by atoms with Gasteiger partial charge in [0.25, 0.3) is 0 Å². The first-order valence-electron chi connectivity index (χ1n) is 7.31. The second-order valence-corrected chi connectivity index (χ2v) is 5.28. The van der Waals surface area contributed by atoms with Crippen LogP contribution in [0.5, 0.6) is 0 Å². The highest BCUT2D eigenvalue weighted by Gasteiger charge is 2.27. The lowest BCUT2D eigenvalue weighted by Crippen LogP contribution is -2.51. The van der Waals surface area contributed by atoms with Gasteiger partial charge in [-0.05, 0) is 25.2 Å². The maximum Gasteiger partial charge on any atom is 0.237 e. The molecule has 120 valence electrons. The van der Waals surface area contributed by atoms with Crippen molar-refractivity contribution in [1.82, 2.24) is 5.32 Å². The standard InChI is InChI=1S/C14H28N2O3.ClH/c1-3-4-5-12(10-18-2)16-14(17)13(15)11-6-8-19-9-7-11;/h11-13H,3-10,15H2,1-2H3,(H,16,17);1H. The van der Waals surface area contributed by atoms with Crippen LogP contribution in [0.4, 0.5) is 0 Å². The molecule has 2 unspecified atom stereocenters. The average molecular weight is 309 g/mol. The number of methoxy groups -OCH3 is 1. The lowest BCUT2D eigenvalue weighted by Gasteiger charge is -2.28. The molecule has 0 saturated carbocycles.